The molecule has 1 amide bonds. The van der Waals surface area contributed by atoms with E-state index in [2.05, 4.69) is 15.2 Å². The Balaban J connectivity index is 0.00000228. The Kier molecular flexibility index (Phi) is 12.3. The van der Waals surface area contributed by atoms with E-state index in [1.807, 2.05) is 12.1 Å². The van der Waals surface area contributed by atoms with E-state index in [1.54, 1.807) is 6.20 Å². The van der Waals surface area contributed by atoms with Crippen LogP contribution in [0.1, 0.15) is 76.2 Å². The summed E-state index contributed by atoms with van der Waals surface area (Å²) >= 11 is 0. The molecule has 1 aliphatic heterocycles. The van der Waals surface area contributed by atoms with Crippen LogP contribution in [0.4, 0.5) is 5.82 Å². The number of aromatic nitrogens is 1. The second kappa shape index (κ2) is 14.6. The molecule has 2 heterocycles. The number of anilines is 1. The number of esters is 1. The highest BCUT2D eigenvalue weighted by Crippen LogP contribution is 2.29. The Hall–Kier alpha value is -2.06. The smallest absolute Gasteiger partial charge is 0.308 e. The SMILES string of the molecule is Cl.Cl.N=C(N)c1ccc(N2CCC(C(=O)N[C@H]3CC[C@H](C(=O)OCC4CCCCC4)CC3)CC2)nc1. The van der Waals surface area contributed by atoms with Crippen molar-refractivity contribution in [2.24, 2.45) is 23.5 Å². The summed E-state index contributed by atoms with van der Waals surface area (Å²) < 4.78 is 5.64. The Morgan fingerprint density at radius 2 is 1.64 bits per heavy atom. The number of nitrogens with zero attached hydrogens (tertiary/aromatic N) is 2. The van der Waals surface area contributed by atoms with E-state index in [0.717, 1.165) is 57.4 Å². The van der Waals surface area contributed by atoms with Crippen LogP contribution in [0.25, 0.3) is 0 Å². The van der Waals surface area contributed by atoms with Crippen molar-refractivity contribution in [3.63, 3.8) is 0 Å². The van der Waals surface area contributed by atoms with Gasteiger partial charge >= 0.3 is 5.97 Å². The molecule has 8 nitrogen and oxygen atoms in total. The number of pyridine rings is 1. The molecule has 202 valence electrons. The van der Waals surface area contributed by atoms with Crippen LogP contribution in [0.5, 0.6) is 0 Å². The van der Waals surface area contributed by atoms with Gasteiger partial charge < -0.3 is 20.7 Å². The minimum atomic E-state index is -0.0346. The number of nitrogens with two attached hydrogens (primary N) is 1. The molecule has 4 rings (SSSR count). The first-order chi connectivity index (χ1) is 16.5. The van der Waals surface area contributed by atoms with E-state index in [-0.39, 0.29) is 60.4 Å². The second-order valence-electron chi connectivity index (χ2n) is 10.3. The number of amides is 1. The normalized spacial score (nSPS) is 23.1. The van der Waals surface area contributed by atoms with Gasteiger partial charge in [0.1, 0.15) is 11.7 Å². The Morgan fingerprint density at radius 3 is 2.22 bits per heavy atom. The predicted octanol–water partition coefficient (Wildman–Crippen LogP) is 4.22. The summed E-state index contributed by atoms with van der Waals surface area (Å²) in [5.41, 5.74) is 6.11. The molecule has 0 atom stereocenters. The van der Waals surface area contributed by atoms with E-state index in [9.17, 15) is 9.59 Å². The van der Waals surface area contributed by atoms with E-state index < -0.39 is 0 Å². The Labute approximate surface area is 226 Å². The lowest BCUT2D eigenvalue weighted by Crippen LogP contribution is -2.45. The lowest BCUT2D eigenvalue weighted by atomic mass is 9.85. The molecule has 0 radical (unpaired) electrons. The van der Waals surface area contributed by atoms with Crippen LogP contribution >= 0.6 is 24.8 Å². The molecule has 36 heavy (non-hydrogen) atoms. The number of carbonyl (C=O) groups excluding carboxylic acids is 2. The third-order valence-corrected chi connectivity index (χ3v) is 7.84. The summed E-state index contributed by atoms with van der Waals surface area (Å²) in [6.45, 7) is 2.15. The summed E-state index contributed by atoms with van der Waals surface area (Å²) in [7, 11) is 0. The maximum Gasteiger partial charge on any atom is 0.308 e. The summed E-state index contributed by atoms with van der Waals surface area (Å²) in [5.74, 6) is 1.54. The minimum absolute atomic E-state index is 0. The fourth-order valence-electron chi connectivity index (χ4n) is 5.57. The molecule has 1 saturated heterocycles. The third-order valence-electron chi connectivity index (χ3n) is 7.84. The van der Waals surface area contributed by atoms with E-state index in [0.29, 0.717) is 18.1 Å². The molecule has 3 fully saturated rings. The number of nitrogen functional groups attached to an aromatic ring is 1. The number of hydrogen-bond donors (Lipinski definition) is 3. The van der Waals surface area contributed by atoms with Crippen LogP contribution in [-0.2, 0) is 14.3 Å². The highest BCUT2D eigenvalue weighted by atomic mass is 35.5. The number of halogens is 2. The molecule has 2 aliphatic carbocycles. The Morgan fingerprint density at radius 1 is 0.972 bits per heavy atom. The summed E-state index contributed by atoms with van der Waals surface area (Å²) in [5, 5.41) is 10.7. The maximum atomic E-state index is 12.8. The van der Waals surface area contributed by atoms with Crippen molar-refractivity contribution in [1.29, 1.82) is 5.41 Å². The van der Waals surface area contributed by atoms with Gasteiger partial charge in [-0.25, -0.2) is 4.98 Å². The zero-order valence-corrected chi connectivity index (χ0v) is 22.6. The first kappa shape index (κ1) is 30.2. The van der Waals surface area contributed by atoms with Gasteiger partial charge in [0.05, 0.1) is 12.5 Å². The highest BCUT2D eigenvalue weighted by molar-refractivity contribution is 5.94. The zero-order chi connectivity index (χ0) is 23.9. The molecular formula is C26H41Cl2N5O3. The molecule has 10 heteroatoms. The molecule has 1 aromatic heterocycles. The second-order valence-corrected chi connectivity index (χ2v) is 10.3. The largest absolute Gasteiger partial charge is 0.465 e. The fraction of sp³-hybridized carbons (Fsp3) is 0.692. The van der Waals surface area contributed by atoms with Gasteiger partial charge in [-0.05, 0) is 69.4 Å². The van der Waals surface area contributed by atoms with Crippen molar-refractivity contribution in [3.8, 4) is 0 Å². The van der Waals surface area contributed by atoms with Gasteiger partial charge in [0.25, 0.3) is 0 Å². The molecule has 0 unspecified atom stereocenters. The van der Waals surface area contributed by atoms with Crippen LogP contribution in [-0.4, -0.2) is 48.4 Å². The molecule has 1 aromatic rings. The molecule has 0 aromatic carbocycles. The van der Waals surface area contributed by atoms with Gasteiger partial charge in [0.2, 0.25) is 5.91 Å². The quantitative estimate of drug-likeness (QED) is 0.270. The minimum Gasteiger partial charge on any atom is -0.465 e. The number of nitrogens with one attached hydrogen (secondary N) is 2. The topological polar surface area (TPSA) is 121 Å². The highest BCUT2D eigenvalue weighted by Gasteiger charge is 2.31. The first-order valence-electron chi connectivity index (χ1n) is 13.0. The predicted molar refractivity (Wildman–Crippen MR) is 146 cm³/mol. The molecule has 0 bridgehead atoms. The molecule has 3 aliphatic rings. The standard InChI is InChI=1S/C26H39N5O3.2ClH/c27-24(28)21-8-11-23(29-16-21)31-14-12-19(13-15-31)25(32)30-22-9-6-20(7-10-22)26(33)34-17-18-4-2-1-3-5-18;;/h8,11,16,18-20,22H,1-7,9-10,12-15,17H2,(H3,27,28)(H,30,32);2*1H/t20-,22-;;. The molecule has 4 N–H and O–H groups in total. The van der Waals surface area contributed by atoms with Crippen molar-refractivity contribution in [3.05, 3.63) is 23.9 Å². The van der Waals surface area contributed by atoms with Crippen molar-refractivity contribution >= 4 is 48.3 Å². The Bertz CT molecular complexity index is 848. The number of carbonyl (C=O) groups is 2. The van der Waals surface area contributed by atoms with E-state index in [1.165, 1.54) is 32.1 Å². The maximum absolute atomic E-state index is 12.8. The van der Waals surface area contributed by atoms with Gasteiger partial charge in [0, 0.05) is 36.8 Å². The zero-order valence-electron chi connectivity index (χ0n) is 21.0. The van der Waals surface area contributed by atoms with Crippen molar-refractivity contribution < 1.29 is 14.3 Å². The monoisotopic (exact) mass is 541 g/mol. The number of rotatable bonds is 7. The van der Waals surface area contributed by atoms with Crippen molar-refractivity contribution in [1.82, 2.24) is 10.3 Å². The van der Waals surface area contributed by atoms with E-state index >= 15 is 0 Å². The fourth-order valence-corrected chi connectivity index (χ4v) is 5.57. The molecule has 0 spiro atoms. The van der Waals surface area contributed by atoms with Crippen LogP contribution in [0, 0.1) is 23.2 Å². The van der Waals surface area contributed by atoms with Crippen molar-refractivity contribution in [2.75, 3.05) is 24.6 Å². The van der Waals surface area contributed by atoms with Gasteiger partial charge in [0.15, 0.2) is 0 Å². The van der Waals surface area contributed by atoms with Crippen LogP contribution in [0.15, 0.2) is 18.3 Å². The molecule has 2 saturated carbocycles. The van der Waals surface area contributed by atoms with Crippen LogP contribution in [0.2, 0.25) is 0 Å². The van der Waals surface area contributed by atoms with Crippen LogP contribution < -0.4 is 16.0 Å². The van der Waals surface area contributed by atoms with Gasteiger partial charge in [-0.1, -0.05) is 19.3 Å². The number of piperidine rings is 1. The average molecular weight is 543 g/mol. The van der Waals surface area contributed by atoms with Gasteiger partial charge in [-0.2, -0.15) is 0 Å². The summed E-state index contributed by atoms with van der Waals surface area (Å²) in [6.07, 6.45) is 12.7. The third kappa shape index (κ3) is 8.23. The lowest BCUT2D eigenvalue weighted by molar-refractivity contribution is -0.151. The van der Waals surface area contributed by atoms with Crippen LogP contribution in [0.3, 0.4) is 0 Å². The van der Waals surface area contributed by atoms with Gasteiger partial charge in [-0.3, -0.25) is 15.0 Å². The molecular weight excluding hydrogens is 501 g/mol. The van der Waals surface area contributed by atoms with Gasteiger partial charge in [-0.15, -0.1) is 24.8 Å². The number of amidine groups is 1. The van der Waals surface area contributed by atoms with E-state index in [4.69, 9.17) is 15.9 Å². The number of ether oxygens (including phenoxy) is 1. The first-order valence-corrected chi connectivity index (χ1v) is 13.0. The lowest BCUT2D eigenvalue weighted by Gasteiger charge is -2.34. The summed E-state index contributed by atoms with van der Waals surface area (Å²) in [6, 6.07) is 3.86. The summed E-state index contributed by atoms with van der Waals surface area (Å²) in [4.78, 5) is 31.9. The van der Waals surface area contributed by atoms with Crippen molar-refractivity contribution in [2.45, 2.75) is 76.7 Å². The average Bonchev–Trinajstić information content (AvgIpc) is 2.88. The number of hydrogen-bond acceptors (Lipinski definition) is 6.